The van der Waals surface area contributed by atoms with Crippen molar-refractivity contribution in [2.75, 3.05) is 7.11 Å². The minimum atomic E-state index is -0.719. The highest BCUT2D eigenvalue weighted by molar-refractivity contribution is 5.41. The van der Waals surface area contributed by atoms with E-state index >= 15 is 0 Å². The monoisotopic (exact) mass is 232 g/mol. The predicted octanol–water partition coefficient (Wildman–Crippen LogP) is 2.99. The van der Waals surface area contributed by atoms with Crippen molar-refractivity contribution < 1.29 is 14.3 Å². The van der Waals surface area contributed by atoms with Gasteiger partial charge in [-0.2, -0.15) is 0 Å². The normalized spacial score (nSPS) is 12.5. The fraction of sp³-hybridized carbons (Fsp3) is 0.286. The summed E-state index contributed by atoms with van der Waals surface area (Å²) >= 11 is 0. The van der Waals surface area contributed by atoms with Crippen LogP contribution in [0.2, 0.25) is 0 Å². The molecule has 1 N–H and O–H groups in total. The standard InChI is InChI=1S/C14H16O3/c1-9-8-12(10(2)17-9)14(15)11-6-4-5-7-13(11)16-3/h4-8,14-15H,1-3H3. The predicted molar refractivity (Wildman–Crippen MR) is 65.2 cm³/mol. The van der Waals surface area contributed by atoms with Crippen molar-refractivity contribution in [3.8, 4) is 5.75 Å². The molecule has 0 bridgehead atoms. The van der Waals surface area contributed by atoms with Crippen LogP contribution in [0.4, 0.5) is 0 Å². The number of rotatable bonds is 3. The summed E-state index contributed by atoms with van der Waals surface area (Å²) in [6, 6.07) is 9.30. The van der Waals surface area contributed by atoms with Gasteiger partial charge in [0.05, 0.1) is 7.11 Å². The second kappa shape index (κ2) is 4.63. The van der Waals surface area contributed by atoms with E-state index in [1.54, 1.807) is 7.11 Å². The fourth-order valence-electron chi connectivity index (χ4n) is 1.98. The molecule has 2 aromatic rings. The summed E-state index contributed by atoms with van der Waals surface area (Å²) in [5.74, 6) is 2.21. The molecule has 0 spiro atoms. The van der Waals surface area contributed by atoms with Gasteiger partial charge in [-0.05, 0) is 26.0 Å². The Kier molecular flexibility index (Phi) is 3.20. The first-order valence-corrected chi connectivity index (χ1v) is 5.51. The smallest absolute Gasteiger partial charge is 0.125 e. The molecule has 0 aliphatic carbocycles. The van der Waals surface area contributed by atoms with Crippen molar-refractivity contribution in [1.29, 1.82) is 0 Å². The lowest BCUT2D eigenvalue weighted by molar-refractivity contribution is 0.212. The molecule has 1 unspecified atom stereocenters. The molecule has 0 saturated heterocycles. The number of hydrogen-bond donors (Lipinski definition) is 1. The lowest BCUT2D eigenvalue weighted by atomic mass is 10.0. The summed E-state index contributed by atoms with van der Waals surface area (Å²) in [7, 11) is 1.60. The van der Waals surface area contributed by atoms with E-state index in [1.165, 1.54) is 0 Å². The first kappa shape index (κ1) is 11.7. The summed E-state index contributed by atoms with van der Waals surface area (Å²) in [5.41, 5.74) is 1.53. The van der Waals surface area contributed by atoms with E-state index in [0.29, 0.717) is 5.75 Å². The van der Waals surface area contributed by atoms with E-state index in [2.05, 4.69) is 0 Å². The van der Waals surface area contributed by atoms with Gasteiger partial charge < -0.3 is 14.3 Å². The maximum atomic E-state index is 10.4. The van der Waals surface area contributed by atoms with Gasteiger partial charge in [-0.1, -0.05) is 18.2 Å². The van der Waals surface area contributed by atoms with Crippen molar-refractivity contribution >= 4 is 0 Å². The maximum Gasteiger partial charge on any atom is 0.125 e. The van der Waals surface area contributed by atoms with Gasteiger partial charge in [0.2, 0.25) is 0 Å². The number of methoxy groups -OCH3 is 1. The molecule has 17 heavy (non-hydrogen) atoms. The van der Waals surface area contributed by atoms with Crippen LogP contribution in [0, 0.1) is 13.8 Å². The molecule has 0 aliphatic heterocycles. The summed E-state index contributed by atoms with van der Waals surface area (Å²) in [4.78, 5) is 0. The minimum Gasteiger partial charge on any atom is -0.496 e. The number of para-hydroxylation sites is 1. The summed E-state index contributed by atoms with van der Waals surface area (Å²) in [6.07, 6.45) is -0.719. The molecule has 0 fully saturated rings. The molecule has 1 atom stereocenters. The van der Waals surface area contributed by atoms with Gasteiger partial charge >= 0.3 is 0 Å². The number of furan rings is 1. The third-order valence-corrected chi connectivity index (χ3v) is 2.81. The van der Waals surface area contributed by atoms with Crippen molar-refractivity contribution in [3.05, 3.63) is 53.0 Å². The maximum absolute atomic E-state index is 10.4. The highest BCUT2D eigenvalue weighted by Gasteiger charge is 2.19. The molecule has 0 aliphatic rings. The molecular weight excluding hydrogens is 216 g/mol. The molecule has 0 saturated carbocycles. The molecule has 1 heterocycles. The second-order valence-corrected chi connectivity index (χ2v) is 4.01. The van der Waals surface area contributed by atoms with Gasteiger partial charge in [0.1, 0.15) is 23.4 Å². The Hall–Kier alpha value is -1.74. The van der Waals surface area contributed by atoms with Crippen LogP contribution in [-0.4, -0.2) is 12.2 Å². The molecule has 1 aromatic heterocycles. The Morgan fingerprint density at radius 1 is 1.18 bits per heavy atom. The number of ether oxygens (including phenoxy) is 1. The molecule has 1 aromatic carbocycles. The number of aliphatic hydroxyl groups is 1. The fourth-order valence-corrected chi connectivity index (χ4v) is 1.98. The van der Waals surface area contributed by atoms with Crippen LogP contribution in [-0.2, 0) is 0 Å². The van der Waals surface area contributed by atoms with Crippen molar-refractivity contribution in [3.63, 3.8) is 0 Å². The van der Waals surface area contributed by atoms with Gasteiger partial charge in [0.25, 0.3) is 0 Å². The first-order valence-electron chi connectivity index (χ1n) is 5.51. The van der Waals surface area contributed by atoms with Gasteiger partial charge in [0.15, 0.2) is 0 Å². The average Bonchev–Trinajstić information content (AvgIpc) is 2.67. The first-order chi connectivity index (χ1) is 8.13. The molecule has 3 nitrogen and oxygen atoms in total. The molecule has 0 radical (unpaired) electrons. The van der Waals surface area contributed by atoms with Crippen LogP contribution in [0.25, 0.3) is 0 Å². The van der Waals surface area contributed by atoms with Gasteiger partial charge in [-0.3, -0.25) is 0 Å². The molecule has 0 amide bonds. The van der Waals surface area contributed by atoms with Crippen LogP contribution in [0.15, 0.2) is 34.7 Å². The molecule has 2 rings (SSSR count). The zero-order chi connectivity index (χ0) is 12.4. The van der Waals surface area contributed by atoms with E-state index in [-0.39, 0.29) is 0 Å². The number of benzene rings is 1. The van der Waals surface area contributed by atoms with Crippen molar-refractivity contribution in [2.45, 2.75) is 20.0 Å². The zero-order valence-electron chi connectivity index (χ0n) is 10.2. The largest absolute Gasteiger partial charge is 0.496 e. The molecule has 90 valence electrons. The Morgan fingerprint density at radius 3 is 2.47 bits per heavy atom. The van der Waals surface area contributed by atoms with Crippen LogP contribution in [0.5, 0.6) is 5.75 Å². The van der Waals surface area contributed by atoms with Crippen LogP contribution < -0.4 is 4.74 Å². The topological polar surface area (TPSA) is 42.6 Å². The van der Waals surface area contributed by atoms with Crippen molar-refractivity contribution in [1.82, 2.24) is 0 Å². The number of hydrogen-bond acceptors (Lipinski definition) is 3. The Balaban J connectivity index is 2.43. The van der Waals surface area contributed by atoms with Gasteiger partial charge in [0, 0.05) is 11.1 Å². The quantitative estimate of drug-likeness (QED) is 0.884. The third kappa shape index (κ3) is 2.19. The number of aryl methyl sites for hydroxylation is 2. The third-order valence-electron chi connectivity index (χ3n) is 2.81. The van der Waals surface area contributed by atoms with Gasteiger partial charge in [-0.25, -0.2) is 0 Å². The molecule has 3 heteroatoms. The van der Waals surface area contributed by atoms with E-state index in [0.717, 1.165) is 22.6 Å². The van der Waals surface area contributed by atoms with Crippen LogP contribution in [0.3, 0.4) is 0 Å². The van der Waals surface area contributed by atoms with E-state index < -0.39 is 6.10 Å². The van der Waals surface area contributed by atoms with E-state index in [1.807, 2.05) is 44.2 Å². The lowest BCUT2D eigenvalue weighted by Gasteiger charge is -2.13. The minimum absolute atomic E-state index is 0.679. The Morgan fingerprint density at radius 2 is 1.88 bits per heavy atom. The van der Waals surface area contributed by atoms with Crippen molar-refractivity contribution in [2.24, 2.45) is 0 Å². The van der Waals surface area contributed by atoms with Crippen LogP contribution in [0.1, 0.15) is 28.8 Å². The van der Waals surface area contributed by atoms with Gasteiger partial charge in [-0.15, -0.1) is 0 Å². The van der Waals surface area contributed by atoms with Crippen LogP contribution >= 0.6 is 0 Å². The summed E-state index contributed by atoms with van der Waals surface area (Å²) in [6.45, 7) is 3.71. The highest BCUT2D eigenvalue weighted by atomic mass is 16.5. The average molecular weight is 232 g/mol. The Bertz CT molecular complexity index is 514. The van der Waals surface area contributed by atoms with E-state index in [9.17, 15) is 5.11 Å². The summed E-state index contributed by atoms with van der Waals surface area (Å²) in [5, 5.41) is 10.4. The SMILES string of the molecule is COc1ccccc1C(O)c1cc(C)oc1C. The lowest BCUT2D eigenvalue weighted by Crippen LogP contribution is -2.02. The van der Waals surface area contributed by atoms with E-state index in [4.69, 9.17) is 9.15 Å². The zero-order valence-corrected chi connectivity index (χ0v) is 10.2. The summed E-state index contributed by atoms with van der Waals surface area (Å²) < 4.78 is 10.7. The molecular formula is C14H16O3. The number of aliphatic hydroxyl groups excluding tert-OH is 1. The second-order valence-electron chi connectivity index (χ2n) is 4.01. The highest BCUT2D eigenvalue weighted by Crippen LogP contribution is 2.32. The Labute approximate surface area is 101 Å².